The largest absolute Gasteiger partial charge is 0.358 e. The van der Waals surface area contributed by atoms with Crippen LogP contribution in [0.25, 0.3) is 5.69 Å². The standard InChI is InChI=1S/C15H16N2O3S2/c1-11-5-7-13(8-6-11)17-14(10-12(2)16-17)20-22(18,19)15-4-3-9-21-15/h5-10H,3-4H2,1-2H3. The molecular weight excluding hydrogens is 320 g/mol. The molecule has 0 unspecified atom stereocenters. The second-order valence-electron chi connectivity index (χ2n) is 5.10. The molecule has 0 aliphatic carbocycles. The van der Waals surface area contributed by atoms with Crippen molar-refractivity contribution in [3.8, 4) is 11.6 Å². The van der Waals surface area contributed by atoms with Gasteiger partial charge in [0.1, 0.15) is 4.20 Å². The van der Waals surface area contributed by atoms with Crippen molar-refractivity contribution in [2.75, 3.05) is 0 Å². The van der Waals surface area contributed by atoms with E-state index < -0.39 is 10.1 Å². The van der Waals surface area contributed by atoms with Crippen molar-refractivity contribution in [1.29, 1.82) is 0 Å². The van der Waals surface area contributed by atoms with E-state index in [-0.39, 0.29) is 5.88 Å². The minimum Gasteiger partial charge on any atom is -0.358 e. The molecule has 1 aromatic heterocycles. The summed E-state index contributed by atoms with van der Waals surface area (Å²) >= 11 is 0. The van der Waals surface area contributed by atoms with Gasteiger partial charge in [0.05, 0.1) is 11.4 Å². The molecule has 0 N–H and O–H groups in total. The predicted octanol–water partition coefficient (Wildman–Crippen LogP) is 2.66. The molecule has 1 aromatic carbocycles. The maximum Gasteiger partial charge on any atom is 0.346 e. The molecule has 2 aromatic rings. The van der Waals surface area contributed by atoms with Crippen LogP contribution in [0.5, 0.6) is 5.88 Å². The van der Waals surface area contributed by atoms with E-state index in [0.29, 0.717) is 16.3 Å². The highest BCUT2D eigenvalue weighted by molar-refractivity contribution is 8.20. The molecular formula is C15H16N2O3S2. The summed E-state index contributed by atoms with van der Waals surface area (Å²) in [6.07, 6.45) is 1.25. The average molecular weight is 336 g/mol. The number of hydrogen-bond acceptors (Lipinski definition) is 4. The molecule has 0 saturated heterocycles. The Morgan fingerprint density at radius 3 is 2.59 bits per heavy atom. The van der Waals surface area contributed by atoms with Gasteiger partial charge in [-0.3, -0.25) is 0 Å². The average Bonchev–Trinajstić information content (AvgIpc) is 3.09. The zero-order valence-electron chi connectivity index (χ0n) is 12.3. The molecule has 0 fully saturated rings. The summed E-state index contributed by atoms with van der Waals surface area (Å²) in [6.45, 7) is 3.79. The van der Waals surface area contributed by atoms with Gasteiger partial charge >= 0.3 is 10.1 Å². The van der Waals surface area contributed by atoms with Crippen LogP contribution in [0, 0.1) is 13.8 Å². The van der Waals surface area contributed by atoms with Gasteiger partial charge in [0.15, 0.2) is 0 Å². The Balaban J connectivity index is 1.98. The lowest BCUT2D eigenvalue weighted by molar-refractivity contribution is 0.477. The molecule has 1 aliphatic heterocycles. The third kappa shape index (κ3) is 3.00. The van der Waals surface area contributed by atoms with Crippen molar-refractivity contribution in [3.63, 3.8) is 0 Å². The van der Waals surface area contributed by atoms with E-state index in [2.05, 4.69) is 5.10 Å². The van der Waals surface area contributed by atoms with E-state index in [0.717, 1.165) is 17.7 Å². The molecule has 0 amide bonds. The first-order valence-corrected chi connectivity index (χ1v) is 9.17. The fraction of sp³-hybridized carbons (Fsp3) is 0.267. The zero-order chi connectivity index (χ0) is 15.7. The monoisotopic (exact) mass is 336 g/mol. The Kier molecular flexibility index (Phi) is 3.92. The van der Waals surface area contributed by atoms with E-state index in [1.54, 1.807) is 13.0 Å². The summed E-state index contributed by atoms with van der Waals surface area (Å²) < 4.78 is 31.8. The van der Waals surface area contributed by atoms with Crippen LogP contribution < -0.4 is 4.18 Å². The molecule has 5 nitrogen and oxygen atoms in total. The first kappa shape index (κ1) is 15.1. The molecule has 7 heteroatoms. The smallest absolute Gasteiger partial charge is 0.346 e. The van der Waals surface area contributed by atoms with Crippen molar-refractivity contribution >= 4 is 30.6 Å². The SMILES string of the molecule is Cc1ccc(-n2nc(C)cc2OS(=O)(=O)C2=S=CCC2)cc1. The van der Waals surface area contributed by atoms with Crippen molar-refractivity contribution < 1.29 is 12.6 Å². The van der Waals surface area contributed by atoms with Crippen LogP contribution in [-0.2, 0) is 10.1 Å². The lowest BCUT2D eigenvalue weighted by Gasteiger charge is -2.09. The molecule has 0 bridgehead atoms. The van der Waals surface area contributed by atoms with Gasteiger partial charge in [-0.05, 0) is 37.8 Å². The molecule has 2 heterocycles. The van der Waals surface area contributed by atoms with Crippen molar-refractivity contribution in [2.24, 2.45) is 0 Å². The van der Waals surface area contributed by atoms with Gasteiger partial charge in [0, 0.05) is 12.5 Å². The summed E-state index contributed by atoms with van der Waals surface area (Å²) in [5.41, 5.74) is 2.58. The van der Waals surface area contributed by atoms with Gasteiger partial charge < -0.3 is 4.18 Å². The molecule has 22 heavy (non-hydrogen) atoms. The van der Waals surface area contributed by atoms with Crippen LogP contribution in [0.4, 0.5) is 0 Å². The third-order valence-electron chi connectivity index (χ3n) is 3.23. The van der Waals surface area contributed by atoms with Crippen LogP contribution in [0.2, 0.25) is 0 Å². The van der Waals surface area contributed by atoms with E-state index in [9.17, 15) is 8.42 Å². The second-order valence-corrected chi connectivity index (χ2v) is 7.99. The minimum absolute atomic E-state index is 0.210. The van der Waals surface area contributed by atoms with E-state index >= 15 is 0 Å². The normalized spacial score (nSPS) is 14.5. The first-order chi connectivity index (χ1) is 10.5. The summed E-state index contributed by atoms with van der Waals surface area (Å²) in [4.78, 5) is 0. The van der Waals surface area contributed by atoms with Crippen LogP contribution in [-0.4, -0.2) is 27.8 Å². The maximum atomic E-state index is 12.3. The number of rotatable bonds is 3. The minimum atomic E-state index is -3.75. The highest BCUT2D eigenvalue weighted by Crippen LogP contribution is 2.23. The lowest BCUT2D eigenvalue weighted by Crippen LogP contribution is -2.19. The summed E-state index contributed by atoms with van der Waals surface area (Å²) in [6, 6.07) is 9.28. The Morgan fingerprint density at radius 1 is 1.23 bits per heavy atom. The molecule has 0 spiro atoms. The lowest BCUT2D eigenvalue weighted by atomic mass is 10.2. The first-order valence-electron chi connectivity index (χ1n) is 6.88. The Hall–Kier alpha value is -1.86. The van der Waals surface area contributed by atoms with Crippen LogP contribution >= 0.6 is 10.9 Å². The van der Waals surface area contributed by atoms with Crippen LogP contribution in [0.1, 0.15) is 24.1 Å². The number of nitrogens with zero attached hydrogens (tertiary/aromatic N) is 2. The topological polar surface area (TPSA) is 61.2 Å². The van der Waals surface area contributed by atoms with E-state index in [1.165, 1.54) is 15.6 Å². The van der Waals surface area contributed by atoms with Gasteiger partial charge in [-0.25, -0.2) is 0 Å². The van der Waals surface area contributed by atoms with Crippen LogP contribution in [0.15, 0.2) is 30.3 Å². The van der Waals surface area contributed by atoms with Gasteiger partial charge in [0.25, 0.3) is 0 Å². The predicted molar refractivity (Wildman–Crippen MR) is 90.5 cm³/mol. The zero-order valence-corrected chi connectivity index (χ0v) is 13.9. The fourth-order valence-corrected chi connectivity index (χ4v) is 4.38. The number of hydrogen-bond donors (Lipinski definition) is 0. The summed E-state index contributed by atoms with van der Waals surface area (Å²) in [5.74, 6) is 0.210. The quantitative estimate of drug-likeness (QED) is 0.639. The molecule has 0 radical (unpaired) electrons. The van der Waals surface area contributed by atoms with Gasteiger partial charge in [0.2, 0.25) is 5.88 Å². The van der Waals surface area contributed by atoms with Gasteiger partial charge in [-0.1, -0.05) is 17.7 Å². The van der Waals surface area contributed by atoms with E-state index in [1.807, 2.05) is 36.6 Å². The van der Waals surface area contributed by atoms with E-state index in [4.69, 9.17) is 4.18 Å². The molecule has 116 valence electrons. The third-order valence-corrected chi connectivity index (χ3v) is 6.15. The number of aryl methyl sites for hydroxylation is 2. The highest BCUT2D eigenvalue weighted by Gasteiger charge is 2.24. The molecule has 0 atom stereocenters. The van der Waals surface area contributed by atoms with Crippen molar-refractivity contribution in [1.82, 2.24) is 9.78 Å². The Morgan fingerprint density at radius 2 is 1.95 bits per heavy atom. The summed E-state index contributed by atoms with van der Waals surface area (Å²) in [5, 5.41) is 6.20. The molecule has 0 saturated carbocycles. The highest BCUT2D eigenvalue weighted by atomic mass is 32.2. The van der Waals surface area contributed by atoms with Crippen molar-refractivity contribution in [2.45, 2.75) is 26.7 Å². The number of aromatic nitrogens is 2. The fourth-order valence-electron chi connectivity index (χ4n) is 2.14. The van der Waals surface area contributed by atoms with Gasteiger partial charge in [-0.15, -0.1) is 10.9 Å². The second kappa shape index (κ2) is 5.73. The molecule has 3 rings (SSSR count). The van der Waals surface area contributed by atoms with Crippen molar-refractivity contribution in [3.05, 3.63) is 41.6 Å². The Labute approximate surface area is 133 Å². The maximum absolute atomic E-state index is 12.3. The number of benzene rings is 1. The summed E-state index contributed by atoms with van der Waals surface area (Å²) in [7, 11) is -2.52. The molecule has 1 aliphatic rings. The van der Waals surface area contributed by atoms with Gasteiger partial charge in [-0.2, -0.15) is 18.2 Å². The van der Waals surface area contributed by atoms with Crippen LogP contribution in [0.3, 0.4) is 0 Å². The Bertz CT molecular complexity index is 874.